The van der Waals surface area contributed by atoms with Crippen LogP contribution in [0.2, 0.25) is 0 Å². The smallest absolute Gasteiger partial charge is 0.235 e. The molecule has 0 atom stereocenters. The van der Waals surface area contributed by atoms with E-state index in [1.165, 1.54) is 11.8 Å². The summed E-state index contributed by atoms with van der Waals surface area (Å²) < 4.78 is 8.90. The highest BCUT2D eigenvalue weighted by atomic mass is 32.2. The molecule has 8 heteroatoms. The molecule has 1 aromatic carbocycles. The number of benzene rings is 1. The van der Waals surface area contributed by atoms with Crippen molar-refractivity contribution in [1.82, 2.24) is 19.3 Å². The summed E-state index contributed by atoms with van der Waals surface area (Å²) in [6.45, 7) is 4.03. The van der Waals surface area contributed by atoms with Crippen molar-refractivity contribution >= 4 is 23.5 Å². The number of thioether (sulfide) groups is 1. The molecule has 0 spiro atoms. The predicted molar refractivity (Wildman–Crippen MR) is 102 cm³/mol. The third kappa shape index (κ3) is 4.08. The molecule has 0 bridgehead atoms. The zero-order valence-corrected chi connectivity index (χ0v) is 15.7. The van der Waals surface area contributed by atoms with Gasteiger partial charge in [0.2, 0.25) is 5.91 Å². The van der Waals surface area contributed by atoms with Gasteiger partial charge >= 0.3 is 0 Å². The van der Waals surface area contributed by atoms with Gasteiger partial charge in [-0.15, -0.1) is 0 Å². The number of hydrogen-bond donors (Lipinski definition) is 1. The maximum atomic E-state index is 12.3. The number of nitrogens with one attached hydrogen (secondary N) is 1. The quantitative estimate of drug-likeness (QED) is 0.645. The highest BCUT2D eigenvalue weighted by Crippen LogP contribution is 2.22. The van der Waals surface area contributed by atoms with Gasteiger partial charge in [0.25, 0.3) is 0 Å². The maximum absolute atomic E-state index is 12.3. The van der Waals surface area contributed by atoms with Crippen LogP contribution >= 0.6 is 11.8 Å². The van der Waals surface area contributed by atoms with Gasteiger partial charge in [-0.2, -0.15) is 5.10 Å². The lowest BCUT2D eigenvalue weighted by Crippen LogP contribution is -2.18. The molecule has 3 aromatic rings. The summed E-state index contributed by atoms with van der Waals surface area (Å²) in [5.74, 6) is 1.66. The van der Waals surface area contributed by atoms with E-state index >= 15 is 0 Å². The Morgan fingerprint density at radius 3 is 2.69 bits per heavy atom. The number of anilines is 1. The van der Waals surface area contributed by atoms with Gasteiger partial charge in [0, 0.05) is 30.2 Å². The number of rotatable bonds is 7. The Kier molecular flexibility index (Phi) is 5.62. The van der Waals surface area contributed by atoms with Crippen LogP contribution in [0.15, 0.2) is 54.1 Å². The number of nitrogens with zero attached hydrogens (tertiary/aromatic N) is 4. The van der Waals surface area contributed by atoms with Gasteiger partial charge in [0.1, 0.15) is 11.6 Å². The van der Waals surface area contributed by atoms with Crippen LogP contribution in [0, 0.1) is 0 Å². The molecule has 1 N–H and O–H groups in total. The van der Waals surface area contributed by atoms with E-state index in [0.29, 0.717) is 5.82 Å². The first-order valence-corrected chi connectivity index (χ1v) is 9.21. The van der Waals surface area contributed by atoms with Crippen LogP contribution in [0.3, 0.4) is 0 Å². The van der Waals surface area contributed by atoms with E-state index in [4.69, 9.17) is 4.74 Å². The van der Waals surface area contributed by atoms with Gasteiger partial charge < -0.3 is 10.1 Å². The van der Waals surface area contributed by atoms with E-state index in [-0.39, 0.29) is 17.7 Å². The second kappa shape index (κ2) is 8.09. The topological polar surface area (TPSA) is 74.0 Å². The van der Waals surface area contributed by atoms with Crippen molar-refractivity contribution in [3.63, 3.8) is 0 Å². The Balaban J connectivity index is 1.64. The largest absolute Gasteiger partial charge is 0.497 e. The van der Waals surface area contributed by atoms with Crippen molar-refractivity contribution in [2.75, 3.05) is 18.2 Å². The lowest BCUT2D eigenvalue weighted by atomic mass is 10.3. The molecule has 0 saturated heterocycles. The van der Waals surface area contributed by atoms with E-state index in [1.807, 2.05) is 48.9 Å². The number of methoxy groups -OCH3 is 1. The normalized spacial score (nSPS) is 10.9. The van der Waals surface area contributed by atoms with Crippen LogP contribution in [-0.4, -0.2) is 38.1 Å². The van der Waals surface area contributed by atoms with Gasteiger partial charge in [-0.3, -0.25) is 9.36 Å². The fourth-order valence-corrected chi connectivity index (χ4v) is 3.24. The van der Waals surface area contributed by atoms with Crippen molar-refractivity contribution in [2.24, 2.45) is 0 Å². The molecule has 136 valence electrons. The van der Waals surface area contributed by atoms with Crippen molar-refractivity contribution in [2.45, 2.75) is 25.0 Å². The summed E-state index contributed by atoms with van der Waals surface area (Å²) in [6, 6.07) is 9.66. The molecular formula is C18H21N5O2S. The molecule has 0 radical (unpaired) electrons. The molecule has 0 saturated carbocycles. The molecule has 0 aliphatic carbocycles. The minimum absolute atomic E-state index is 0.0957. The van der Waals surface area contributed by atoms with Crippen LogP contribution in [0.25, 0.3) is 5.69 Å². The van der Waals surface area contributed by atoms with E-state index in [1.54, 1.807) is 30.3 Å². The molecule has 2 heterocycles. The van der Waals surface area contributed by atoms with E-state index in [0.717, 1.165) is 16.6 Å². The van der Waals surface area contributed by atoms with Crippen molar-refractivity contribution in [3.05, 3.63) is 48.9 Å². The molecule has 2 aromatic heterocycles. The Hall–Kier alpha value is -2.74. The Labute approximate surface area is 156 Å². The molecule has 0 aliphatic rings. The van der Waals surface area contributed by atoms with Gasteiger partial charge in [0.05, 0.1) is 19.1 Å². The average Bonchev–Trinajstić information content (AvgIpc) is 3.29. The Morgan fingerprint density at radius 2 is 2.00 bits per heavy atom. The minimum Gasteiger partial charge on any atom is -0.497 e. The highest BCUT2D eigenvalue weighted by Gasteiger charge is 2.12. The summed E-state index contributed by atoms with van der Waals surface area (Å²) in [5.41, 5.74) is 0.962. The third-order valence-corrected chi connectivity index (χ3v) is 4.68. The number of carbonyl (C=O) groups excluding carboxylic acids is 1. The average molecular weight is 371 g/mol. The molecule has 7 nitrogen and oxygen atoms in total. The van der Waals surface area contributed by atoms with Gasteiger partial charge in [-0.25, -0.2) is 9.67 Å². The highest BCUT2D eigenvalue weighted by molar-refractivity contribution is 7.99. The molecule has 0 unspecified atom stereocenters. The number of amides is 1. The number of aromatic nitrogens is 4. The number of ether oxygens (including phenoxy) is 1. The fourth-order valence-electron chi connectivity index (χ4n) is 2.47. The lowest BCUT2D eigenvalue weighted by Gasteiger charge is -2.12. The van der Waals surface area contributed by atoms with Gasteiger partial charge in [-0.05, 0) is 38.1 Å². The Bertz CT molecular complexity index is 870. The van der Waals surface area contributed by atoms with Crippen molar-refractivity contribution < 1.29 is 9.53 Å². The first-order valence-electron chi connectivity index (χ1n) is 8.22. The summed E-state index contributed by atoms with van der Waals surface area (Å²) in [6.07, 6.45) is 5.27. The molecule has 26 heavy (non-hydrogen) atoms. The molecule has 0 fully saturated rings. The number of hydrogen-bond acceptors (Lipinski definition) is 5. The number of imidazole rings is 1. The first kappa shape index (κ1) is 18.1. The van der Waals surface area contributed by atoms with Crippen molar-refractivity contribution in [3.8, 4) is 11.4 Å². The second-order valence-electron chi connectivity index (χ2n) is 5.87. The number of carbonyl (C=O) groups is 1. The summed E-state index contributed by atoms with van der Waals surface area (Å²) in [5, 5.41) is 7.86. The predicted octanol–water partition coefficient (Wildman–Crippen LogP) is 3.39. The standard InChI is InChI=1S/C18H21N5O2S/c1-13(2)23-16(8-9-20-23)21-17(24)12-26-18-19-10-11-22(18)14-4-6-15(25-3)7-5-14/h4-11,13H,12H2,1-3H3,(H,21,24). The van der Waals surface area contributed by atoms with Crippen molar-refractivity contribution in [1.29, 1.82) is 0 Å². The van der Waals surface area contributed by atoms with E-state index in [9.17, 15) is 4.79 Å². The monoisotopic (exact) mass is 371 g/mol. The SMILES string of the molecule is COc1ccc(-n2ccnc2SCC(=O)Nc2ccnn2C(C)C)cc1. The summed E-state index contributed by atoms with van der Waals surface area (Å²) in [7, 11) is 1.64. The molecule has 0 aliphatic heterocycles. The van der Waals surface area contributed by atoms with Crippen LogP contribution in [0.1, 0.15) is 19.9 Å². The molecule has 1 amide bonds. The zero-order valence-electron chi connectivity index (χ0n) is 14.9. The van der Waals surface area contributed by atoms with Crippen LogP contribution in [0.4, 0.5) is 5.82 Å². The molecular weight excluding hydrogens is 350 g/mol. The van der Waals surface area contributed by atoms with Gasteiger partial charge in [-0.1, -0.05) is 11.8 Å². The molecule has 3 rings (SSSR count). The van der Waals surface area contributed by atoms with E-state index in [2.05, 4.69) is 15.4 Å². The third-order valence-electron chi connectivity index (χ3n) is 3.72. The van der Waals surface area contributed by atoms with Crippen LogP contribution in [0.5, 0.6) is 5.75 Å². The fraction of sp³-hybridized carbons (Fsp3) is 0.278. The maximum Gasteiger partial charge on any atom is 0.235 e. The minimum atomic E-state index is -0.0957. The van der Waals surface area contributed by atoms with Gasteiger partial charge in [0.15, 0.2) is 5.16 Å². The second-order valence-corrected chi connectivity index (χ2v) is 6.81. The van der Waals surface area contributed by atoms with Crippen LogP contribution < -0.4 is 10.1 Å². The summed E-state index contributed by atoms with van der Waals surface area (Å²) >= 11 is 1.38. The zero-order chi connectivity index (χ0) is 18.5. The Morgan fingerprint density at radius 1 is 1.23 bits per heavy atom. The summed E-state index contributed by atoms with van der Waals surface area (Å²) in [4.78, 5) is 16.6. The first-order chi connectivity index (χ1) is 12.6. The van der Waals surface area contributed by atoms with E-state index < -0.39 is 0 Å². The lowest BCUT2D eigenvalue weighted by molar-refractivity contribution is -0.113. The van der Waals surface area contributed by atoms with Crippen LogP contribution in [-0.2, 0) is 4.79 Å².